The highest BCUT2D eigenvalue weighted by atomic mass is 32.2. The van der Waals surface area contributed by atoms with Gasteiger partial charge >= 0.3 is 6.18 Å². The Kier molecular flexibility index (Phi) is 3.56. The second kappa shape index (κ2) is 4.97. The fraction of sp³-hybridized carbons (Fsp3) is 0.0833. The Balaban J connectivity index is 2.13. The molecule has 1 nitrogen and oxygen atoms in total. The fourth-order valence-electron chi connectivity index (χ4n) is 1.23. The second-order valence-electron chi connectivity index (χ2n) is 3.44. The third kappa shape index (κ3) is 3.22. The van der Waals surface area contributed by atoms with Crippen LogP contribution in [0, 0.1) is 5.82 Å². The first-order chi connectivity index (χ1) is 8.45. The maximum Gasteiger partial charge on any atom is 0.417 e. The van der Waals surface area contributed by atoms with Gasteiger partial charge in [0.25, 0.3) is 0 Å². The molecule has 0 bridgehead atoms. The number of halogens is 4. The van der Waals surface area contributed by atoms with Crippen LogP contribution in [0.15, 0.2) is 52.5 Å². The molecule has 0 unspecified atom stereocenters. The largest absolute Gasteiger partial charge is 0.417 e. The highest BCUT2D eigenvalue weighted by Gasteiger charge is 2.30. The van der Waals surface area contributed by atoms with E-state index < -0.39 is 11.7 Å². The van der Waals surface area contributed by atoms with Crippen LogP contribution in [-0.4, -0.2) is 4.98 Å². The van der Waals surface area contributed by atoms with E-state index in [0.29, 0.717) is 9.92 Å². The monoisotopic (exact) mass is 273 g/mol. The first-order valence-electron chi connectivity index (χ1n) is 4.92. The predicted molar refractivity (Wildman–Crippen MR) is 59.8 cm³/mol. The number of hydrogen-bond donors (Lipinski definition) is 0. The summed E-state index contributed by atoms with van der Waals surface area (Å²) in [7, 11) is 0. The van der Waals surface area contributed by atoms with Crippen molar-refractivity contribution < 1.29 is 17.6 Å². The van der Waals surface area contributed by atoms with E-state index in [1.54, 1.807) is 12.1 Å². The van der Waals surface area contributed by atoms with E-state index in [2.05, 4.69) is 4.98 Å². The Labute approximate surface area is 105 Å². The van der Waals surface area contributed by atoms with Crippen LogP contribution in [0.25, 0.3) is 0 Å². The normalized spacial score (nSPS) is 11.6. The van der Waals surface area contributed by atoms with Gasteiger partial charge in [0.2, 0.25) is 0 Å². The van der Waals surface area contributed by atoms with Crippen molar-refractivity contribution >= 4 is 11.8 Å². The lowest BCUT2D eigenvalue weighted by Gasteiger charge is -2.06. The zero-order chi connectivity index (χ0) is 13.2. The van der Waals surface area contributed by atoms with Crippen LogP contribution in [0.2, 0.25) is 0 Å². The molecule has 18 heavy (non-hydrogen) atoms. The smallest absolute Gasteiger partial charge is 0.249 e. The number of rotatable bonds is 2. The summed E-state index contributed by atoms with van der Waals surface area (Å²) in [6.07, 6.45) is -3.60. The van der Waals surface area contributed by atoms with Crippen molar-refractivity contribution in [2.75, 3.05) is 0 Å². The summed E-state index contributed by atoms with van der Waals surface area (Å²) < 4.78 is 49.6. The van der Waals surface area contributed by atoms with Crippen molar-refractivity contribution in [3.8, 4) is 0 Å². The molecule has 0 aliphatic heterocycles. The molecule has 0 spiro atoms. The van der Waals surface area contributed by atoms with Crippen molar-refractivity contribution in [3.05, 3.63) is 54.0 Å². The molecule has 0 atom stereocenters. The molecule has 94 valence electrons. The summed E-state index contributed by atoms with van der Waals surface area (Å²) >= 11 is 1.17. The molecule has 1 aromatic carbocycles. The summed E-state index contributed by atoms with van der Waals surface area (Å²) in [4.78, 5) is 4.42. The maximum atomic E-state index is 12.7. The van der Waals surface area contributed by atoms with Crippen molar-refractivity contribution in [3.63, 3.8) is 0 Å². The van der Waals surface area contributed by atoms with Crippen LogP contribution in [0.3, 0.4) is 0 Å². The van der Waals surface area contributed by atoms with Crippen LogP contribution in [0.1, 0.15) is 5.56 Å². The molecule has 0 saturated heterocycles. The van der Waals surface area contributed by atoms with Crippen LogP contribution < -0.4 is 0 Å². The molecule has 1 aromatic heterocycles. The van der Waals surface area contributed by atoms with Gasteiger partial charge in [0.15, 0.2) is 0 Å². The lowest BCUT2D eigenvalue weighted by molar-refractivity contribution is -0.137. The average molecular weight is 273 g/mol. The minimum absolute atomic E-state index is 0.361. The van der Waals surface area contributed by atoms with E-state index >= 15 is 0 Å². The molecule has 0 aliphatic rings. The zero-order valence-corrected chi connectivity index (χ0v) is 9.73. The molecule has 2 rings (SSSR count). The summed E-state index contributed by atoms with van der Waals surface area (Å²) in [5.74, 6) is -0.361. The Bertz CT molecular complexity index is 519. The van der Waals surface area contributed by atoms with E-state index in [0.717, 1.165) is 12.3 Å². The average Bonchev–Trinajstić information content (AvgIpc) is 2.32. The molecule has 0 fully saturated rings. The summed E-state index contributed by atoms with van der Waals surface area (Å²) in [6, 6.07) is 7.91. The SMILES string of the molecule is Fc1ccc(Sc2ccc(C(F)(F)F)cn2)cc1. The Morgan fingerprint density at radius 3 is 2.11 bits per heavy atom. The van der Waals surface area contributed by atoms with Gasteiger partial charge in [-0.1, -0.05) is 11.8 Å². The Morgan fingerprint density at radius 2 is 1.61 bits per heavy atom. The summed E-state index contributed by atoms with van der Waals surface area (Å²) in [6.45, 7) is 0. The fourth-order valence-corrected chi connectivity index (χ4v) is 1.99. The molecular formula is C12H7F4NS. The molecule has 6 heteroatoms. The van der Waals surface area contributed by atoms with Gasteiger partial charge in [-0.2, -0.15) is 13.2 Å². The highest BCUT2D eigenvalue weighted by Crippen LogP contribution is 2.31. The minimum atomic E-state index is -4.38. The molecule has 0 radical (unpaired) electrons. The van der Waals surface area contributed by atoms with E-state index in [9.17, 15) is 17.6 Å². The standard InChI is InChI=1S/C12H7F4NS/c13-9-2-4-10(5-3-9)18-11-6-1-8(7-17-11)12(14,15)16/h1-7H. The van der Waals surface area contributed by atoms with Crippen LogP contribution >= 0.6 is 11.8 Å². The number of pyridine rings is 1. The lowest BCUT2D eigenvalue weighted by atomic mass is 10.3. The first kappa shape index (κ1) is 12.9. The Hall–Kier alpha value is -1.56. The van der Waals surface area contributed by atoms with Crippen LogP contribution in [-0.2, 0) is 6.18 Å². The predicted octanol–water partition coefficient (Wildman–Crippen LogP) is 4.39. The number of alkyl halides is 3. The maximum absolute atomic E-state index is 12.7. The quantitative estimate of drug-likeness (QED) is 0.753. The number of benzene rings is 1. The molecule has 0 amide bonds. The van der Waals surface area contributed by atoms with Crippen molar-refractivity contribution in [2.24, 2.45) is 0 Å². The van der Waals surface area contributed by atoms with Gasteiger partial charge in [0.05, 0.1) is 5.56 Å². The third-order valence-electron chi connectivity index (χ3n) is 2.10. The molecule has 0 N–H and O–H groups in total. The topological polar surface area (TPSA) is 12.9 Å². The van der Waals surface area contributed by atoms with E-state index in [4.69, 9.17) is 0 Å². The third-order valence-corrected chi connectivity index (χ3v) is 3.06. The van der Waals surface area contributed by atoms with Gasteiger partial charge in [0.1, 0.15) is 10.8 Å². The van der Waals surface area contributed by atoms with Gasteiger partial charge in [-0.05, 0) is 36.4 Å². The second-order valence-corrected chi connectivity index (χ2v) is 4.53. The first-order valence-corrected chi connectivity index (χ1v) is 5.73. The molecule has 0 aliphatic carbocycles. The lowest BCUT2D eigenvalue weighted by Crippen LogP contribution is -2.04. The van der Waals surface area contributed by atoms with Gasteiger partial charge in [0, 0.05) is 11.1 Å². The van der Waals surface area contributed by atoms with E-state index in [1.807, 2.05) is 0 Å². The minimum Gasteiger partial charge on any atom is -0.249 e. The summed E-state index contributed by atoms with van der Waals surface area (Å²) in [5.41, 5.74) is -0.786. The molecule has 1 heterocycles. The molecular weight excluding hydrogens is 266 g/mol. The Morgan fingerprint density at radius 1 is 0.944 bits per heavy atom. The van der Waals surface area contributed by atoms with Gasteiger partial charge < -0.3 is 0 Å². The highest BCUT2D eigenvalue weighted by molar-refractivity contribution is 7.99. The van der Waals surface area contributed by atoms with Gasteiger partial charge in [-0.15, -0.1) is 0 Å². The van der Waals surface area contributed by atoms with Crippen LogP contribution in [0.5, 0.6) is 0 Å². The summed E-state index contributed by atoms with van der Waals surface area (Å²) in [5, 5.41) is 0.426. The number of nitrogens with zero attached hydrogens (tertiary/aromatic N) is 1. The van der Waals surface area contributed by atoms with Crippen molar-refractivity contribution in [1.82, 2.24) is 4.98 Å². The van der Waals surface area contributed by atoms with Gasteiger partial charge in [-0.25, -0.2) is 9.37 Å². The number of hydrogen-bond acceptors (Lipinski definition) is 2. The molecule has 2 aromatic rings. The van der Waals surface area contributed by atoms with Gasteiger partial charge in [-0.3, -0.25) is 0 Å². The number of aromatic nitrogens is 1. The van der Waals surface area contributed by atoms with Crippen molar-refractivity contribution in [1.29, 1.82) is 0 Å². The molecule has 0 saturated carbocycles. The zero-order valence-electron chi connectivity index (χ0n) is 8.91. The van der Waals surface area contributed by atoms with Crippen LogP contribution in [0.4, 0.5) is 17.6 Å². The van der Waals surface area contributed by atoms with E-state index in [-0.39, 0.29) is 5.82 Å². The van der Waals surface area contributed by atoms with Crippen molar-refractivity contribution in [2.45, 2.75) is 16.1 Å². The van der Waals surface area contributed by atoms with E-state index in [1.165, 1.54) is 30.0 Å².